The second-order valence-electron chi connectivity index (χ2n) is 7.39. The number of anilines is 1. The molecule has 0 amide bonds. The van der Waals surface area contributed by atoms with Crippen molar-refractivity contribution < 1.29 is 24.1 Å². The van der Waals surface area contributed by atoms with E-state index in [4.69, 9.17) is 32.2 Å². The van der Waals surface area contributed by atoms with Crippen LogP contribution in [0.4, 0.5) is 5.82 Å². The molecule has 11 heteroatoms. The van der Waals surface area contributed by atoms with Gasteiger partial charge in [-0.3, -0.25) is 9.36 Å². The number of halogens is 1. The number of imidazole rings is 1. The fraction of sp³-hybridized carbons (Fsp3) is 0.579. The maximum Gasteiger partial charge on any atom is 0.303 e. The molecule has 2 aliphatic rings. The van der Waals surface area contributed by atoms with Crippen molar-refractivity contribution in [2.24, 2.45) is 5.41 Å². The van der Waals surface area contributed by atoms with Gasteiger partial charge in [0.15, 0.2) is 29.3 Å². The molecule has 10 nitrogen and oxygen atoms in total. The molecule has 0 radical (unpaired) electrons. The van der Waals surface area contributed by atoms with Crippen molar-refractivity contribution in [1.82, 2.24) is 19.5 Å². The standard InChI is InChI=1S/C19H22ClN5O5/c1-4-19(3)12(9-26)30-17(14(19)29-11(2)27)25-10-21-13-15(22-18(20)23-16(13)25)24-5-7-28-8-6-24/h1,10,12,14,17,26H,5-9H2,2-3H3/t12-,14+,17-,19+/m1/s1. The Morgan fingerprint density at radius 1 is 1.47 bits per heavy atom. The fourth-order valence-corrected chi connectivity index (χ4v) is 4.06. The minimum absolute atomic E-state index is 0.0474. The molecule has 0 spiro atoms. The monoisotopic (exact) mass is 435 g/mol. The number of ether oxygens (including phenoxy) is 3. The zero-order chi connectivity index (χ0) is 21.5. The van der Waals surface area contributed by atoms with Crippen molar-refractivity contribution in [2.45, 2.75) is 32.3 Å². The van der Waals surface area contributed by atoms with Crippen LogP contribution >= 0.6 is 11.6 Å². The highest BCUT2D eigenvalue weighted by molar-refractivity contribution is 6.28. The highest BCUT2D eigenvalue weighted by Gasteiger charge is 2.56. The van der Waals surface area contributed by atoms with Crippen molar-refractivity contribution in [3.05, 3.63) is 11.6 Å². The molecule has 0 saturated carbocycles. The number of fused-ring (bicyclic) bond motifs is 1. The number of terminal acetylenes is 1. The number of aliphatic hydroxyl groups excluding tert-OH is 1. The summed E-state index contributed by atoms with van der Waals surface area (Å²) in [4.78, 5) is 27.0. The third-order valence-electron chi connectivity index (χ3n) is 5.55. The number of aliphatic hydroxyl groups is 1. The molecule has 160 valence electrons. The second-order valence-corrected chi connectivity index (χ2v) is 7.73. The maximum atomic E-state index is 11.8. The number of carbonyl (C=O) groups is 1. The van der Waals surface area contributed by atoms with Gasteiger partial charge in [-0.05, 0) is 18.5 Å². The molecular formula is C19H22ClN5O5. The number of carbonyl (C=O) groups excluding carboxylic acids is 1. The SMILES string of the molecule is C#C[C@@]1(C)[C@@H](CO)O[C@@H](n2cnc3c(N4CCOCC4)nc(Cl)nc32)[C@@H]1OC(C)=O. The van der Waals surface area contributed by atoms with Crippen LogP contribution < -0.4 is 4.90 Å². The smallest absolute Gasteiger partial charge is 0.303 e. The number of esters is 1. The summed E-state index contributed by atoms with van der Waals surface area (Å²) in [7, 11) is 0. The summed E-state index contributed by atoms with van der Waals surface area (Å²) in [6, 6.07) is 0. The molecular weight excluding hydrogens is 414 g/mol. The minimum atomic E-state index is -1.05. The quantitative estimate of drug-likeness (QED) is 0.423. The Morgan fingerprint density at radius 2 is 2.20 bits per heavy atom. The first-order valence-corrected chi connectivity index (χ1v) is 9.91. The van der Waals surface area contributed by atoms with E-state index >= 15 is 0 Å². The third-order valence-corrected chi connectivity index (χ3v) is 5.72. The maximum absolute atomic E-state index is 11.8. The van der Waals surface area contributed by atoms with Crippen LogP contribution in [0.1, 0.15) is 20.1 Å². The topological polar surface area (TPSA) is 112 Å². The summed E-state index contributed by atoms with van der Waals surface area (Å²) < 4.78 is 18.6. The predicted octanol–water partition coefficient (Wildman–Crippen LogP) is 0.777. The Morgan fingerprint density at radius 3 is 2.83 bits per heavy atom. The van der Waals surface area contributed by atoms with Crippen LogP contribution in [-0.4, -0.2) is 75.7 Å². The van der Waals surface area contributed by atoms with E-state index in [2.05, 4.69) is 20.9 Å². The average molecular weight is 436 g/mol. The van der Waals surface area contributed by atoms with Gasteiger partial charge in [-0.1, -0.05) is 5.92 Å². The van der Waals surface area contributed by atoms with Crippen molar-refractivity contribution in [2.75, 3.05) is 37.8 Å². The van der Waals surface area contributed by atoms with E-state index in [9.17, 15) is 9.90 Å². The van der Waals surface area contributed by atoms with Crippen molar-refractivity contribution >= 4 is 34.6 Å². The lowest BCUT2D eigenvalue weighted by Gasteiger charge is -2.29. The molecule has 0 aliphatic carbocycles. The molecule has 4 atom stereocenters. The van der Waals surface area contributed by atoms with Crippen LogP contribution in [0.3, 0.4) is 0 Å². The van der Waals surface area contributed by atoms with E-state index in [-0.39, 0.29) is 11.9 Å². The lowest BCUT2D eigenvalue weighted by molar-refractivity contribution is -0.154. The summed E-state index contributed by atoms with van der Waals surface area (Å²) in [5.41, 5.74) is -0.108. The van der Waals surface area contributed by atoms with Gasteiger partial charge in [-0.2, -0.15) is 9.97 Å². The molecule has 2 aromatic rings. The number of morpholine rings is 1. The van der Waals surface area contributed by atoms with Gasteiger partial charge in [-0.15, -0.1) is 6.42 Å². The summed E-state index contributed by atoms with van der Waals surface area (Å²) in [6.07, 6.45) is 4.82. The van der Waals surface area contributed by atoms with Gasteiger partial charge in [0, 0.05) is 20.0 Å². The van der Waals surface area contributed by atoms with Gasteiger partial charge in [0.1, 0.15) is 6.10 Å². The highest BCUT2D eigenvalue weighted by Crippen LogP contribution is 2.46. The normalized spacial score (nSPS) is 29.2. The van der Waals surface area contributed by atoms with E-state index in [1.54, 1.807) is 11.5 Å². The molecule has 0 bridgehead atoms. The highest BCUT2D eigenvalue weighted by atomic mass is 35.5. The first-order chi connectivity index (χ1) is 14.4. The van der Waals surface area contributed by atoms with Crippen LogP contribution in [0.2, 0.25) is 5.28 Å². The number of nitrogens with zero attached hydrogens (tertiary/aromatic N) is 5. The van der Waals surface area contributed by atoms with Crippen LogP contribution in [0.5, 0.6) is 0 Å². The molecule has 0 unspecified atom stereocenters. The Hall–Kier alpha value is -2.45. The summed E-state index contributed by atoms with van der Waals surface area (Å²) >= 11 is 6.22. The van der Waals surface area contributed by atoms with Gasteiger partial charge in [0.2, 0.25) is 5.28 Å². The third kappa shape index (κ3) is 3.37. The molecule has 30 heavy (non-hydrogen) atoms. The molecule has 2 fully saturated rings. The van der Waals surface area contributed by atoms with Gasteiger partial charge in [-0.25, -0.2) is 4.98 Å². The van der Waals surface area contributed by atoms with Crippen LogP contribution in [0.25, 0.3) is 11.2 Å². The van der Waals surface area contributed by atoms with Gasteiger partial charge in [0.25, 0.3) is 0 Å². The van der Waals surface area contributed by atoms with E-state index in [1.165, 1.54) is 13.3 Å². The van der Waals surface area contributed by atoms with Gasteiger partial charge >= 0.3 is 5.97 Å². The molecule has 2 saturated heterocycles. The summed E-state index contributed by atoms with van der Waals surface area (Å²) in [5.74, 6) is 2.71. The Labute approximate surface area is 178 Å². The molecule has 0 aromatic carbocycles. The summed E-state index contributed by atoms with van der Waals surface area (Å²) in [5, 5.41) is 9.87. The average Bonchev–Trinajstić information content (AvgIpc) is 3.27. The minimum Gasteiger partial charge on any atom is -0.456 e. The van der Waals surface area contributed by atoms with Crippen molar-refractivity contribution in [3.63, 3.8) is 0 Å². The van der Waals surface area contributed by atoms with E-state index in [0.29, 0.717) is 43.3 Å². The lowest BCUT2D eigenvalue weighted by Crippen LogP contribution is -2.40. The van der Waals surface area contributed by atoms with Gasteiger partial charge in [0.05, 0.1) is 31.6 Å². The van der Waals surface area contributed by atoms with Crippen LogP contribution in [0, 0.1) is 17.8 Å². The van der Waals surface area contributed by atoms with Crippen molar-refractivity contribution in [3.8, 4) is 12.3 Å². The zero-order valence-corrected chi connectivity index (χ0v) is 17.4. The number of hydrogen-bond acceptors (Lipinski definition) is 9. The van der Waals surface area contributed by atoms with E-state index in [0.717, 1.165) is 0 Å². The molecule has 4 heterocycles. The molecule has 4 rings (SSSR count). The Balaban J connectivity index is 1.81. The van der Waals surface area contributed by atoms with E-state index < -0.39 is 29.8 Å². The van der Waals surface area contributed by atoms with E-state index in [1.807, 2.05) is 4.90 Å². The van der Waals surface area contributed by atoms with Gasteiger partial charge < -0.3 is 24.2 Å². The molecule has 2 aromatic heterocycles. The fourth-order valence-electron chi connectivity index (χ4n) is 3.90. The van der Waals surface area contributed by atoms with Crippen LogP contribution in [0.15, 0.2) is 6.33 Å². The van der Waals surface area contributed by atoms with Crippen LogP contribution in [-0.2, 0) is 19.0 Å². The number of rotatable bonds is 4. The first-order valence-electron chi connectivity index (χ1n) is 9.53. The summed E-state index contributed by atoms with van der Waals surface area (Å²) in [6.45, 7) is 5.10. The number of aromatic nitrogens is 4. The lowest BCUT2D eigenvalue weighted by atomic mass is 9.81. The number of hydrogen-bond donors (Lipinski definition) is 1. The predicted molar refractivity (Wildman–Crippen MR) is 107 cm³/mol. The Kier molecular flexibility index (Phi) is 5.55. The largest absolute Gasteiger partial charge is 0.456 e. The molecule has 2 aliphatic heterocycles. The van der Waals surface area contributed by atoms with Crippen molar-refractivity contribution in [1.29, 1.82) is 0 Å². The Bertz CT molecular complexity index is 1000. The second kappa shape index (κ2) is 8.00. The molecule has 1 N–H and O–H groups in total. The zero-order valence-electron chi connectivity index (χ0n) is 16.6. The first kappa shape index (κ1) is 20.8.